The van der Waals surface area contributed by atoms with Gasteiger partial charge in [0.15, 0.2) is 0 Å². The maximum Gasteiger partial charge on any atom is 0.271 e. The van der Waals surface area contributed by atoms with Gasteiger partial charge in [0.2, 0.25) is 0 Å². The highest BCUT2D eigenvalue weighted by atomic mass is 32.2. The van der Waals surface area contributed by atoms with Crippen LogP contribution in [-0.4, -0.2) is 19.9 Å². The molecule has 0 aromatic carbocycles. The highest BCUT2D eigenvalue weighted by molar-refractivity contribution is 7.94. The second-order valence-electron chi connectivity index (χ2n) is 4.70. The molecule has 21 heavy (non-hydrogen) atoms. The summed E-state index contributed by atoms with van der Waals surface area (Å²) < 4.78 is 27.6. The summed E-state index contributed by atoms with van der Waals surface area (Å²) in [6, 6.07) is 5.08. The average molecular weight is 325 g/mol. The van der Waals surface area contributed by atoms with Gasteiger partial charge in [-0.3, -0.25) is 9.71 Å². The van der Waals surface area contributed by atoms with Crippen molar-refractivity contribution in [3.63, 3.8) is 0 Å². The third kappa shape index (κ3) is 4.26. The first-order valence-corrected chi connectivity index (χ1v) is 9.06. The molecule has 7 heteroatoms. The standard InChI is InChI=1S/C14H19N3O2S2/c1-3-6-15-10-13-11(2)8-14(20-13)21(18,19)17-12-5-4-7-16-9-12/h4-5,7-9,15,17H,3,6,10H2,1-2H3. The predicted octanol–water partition coefficient (Wildman–Crippen LogP) is 2.75. The molecule has 0 amide bonds. The highest BCUT2D eigenvalue weighted by Gasteiger charge is 2.19. The zero-order valence-electron chi connectivity index (χ0n) is 12.1. The van der Waals surface area contributed by atoms with Crippen LogP contribution in [0.4, 0.5) is 5.69 Å². The minimum atomic E-state index is -3.54. The van der Waals surface area contributed by atoms with Crippen LogP contribution in [0.25, 0.3) is 0 Å². The van der Waals surface area contributed by atoms with E-state index in [1.165, 1.54) is 17.5 Å². The van der Waals surface area contributed by atoms with Crippen LogP contribution in [0.1, 0.15) is 23.8 Å². The number of sulfonamides is 1. The molecule has 5 nitrogen and oxygen atoms in total. The van der Waals surface area contributed by atoms with Crippen LogP contribution in [0.5, 0.6) is 0 Å². The number of aromatic nitrogens is 1. The Bertz CT molecular complexity index is 681. The lowest BCUT2D eigenvalue weighted by atomic mass is 10.3. The summed E-state index contributed by atoms with van der Waals surface area (Å²) in [5.74, 6) is 0. The maximum atomic E-state index is 12.3. The van der Waals surface area contributed by atoms with E-state index in [4.69, 9.17) is 0 Å². The van der Waals surface area contributed by atoms with E-state index in [1.807, 2.05) is 6.92 Å². The first-order valence-electron chi connectivity index (χ1n) is 6.76. The van der Waals surface area contributed by atoms with Crippen LogP contribution in [0.3, 0.4) is 0 Å². The van der Waals surface area contributed by atoms with Gasteiger partial charge in [-0.05, 0) is 43.7 Å². The van der Waals surface area contributed by atoms with Gasteiger partial charge in [-0.15, -0.1) is 11.3 Å². The van der Waals surface area contributed by atoms with Crippen LogP contribution in [-0.2, 0) is 16.6 Å². The van der Waals surface area contributed by atoms with Crippen LogP contribution in [0.15, 0.2) is 34.8 Å². The number of pyridine rings is 1. The van der Waals surface area contributed by atoms with Gasteiger partial charge in [0, 0.05) is 17.6 Å². The van der Waals surface area contributed by atoms with E-state index in [0.29, 0.717) is 16.4 Å². The normalized spacial score (nSPS) is 11.5. The zero-order valence-corrected chi connectivity index (χ0v) is 13.7. The molecular weight excluding hydrogens is 306 g/mol. The fraction of sp³-hybridized carbons (Fsp3) is 0.357. The van der Waals surface area contributed by atoms with Crippen molar-refractivity contribution in [2.75, 3.05) is 11.3 Å². The molecule has 0 fully saturated rings. The summed E-state index contributed by atoms with van der Waals surface area (Å²) in [6.45, 7) is 5.66. The van der Waals surface area contributed by atoms with Crippen LogP contribution < -0.4 is 10.0 Å². The van der Waals surface area contributed by atoms with Gasteiger partial charge in [-0.2, -0.15) is 0 Å². The smallest absolute Gasteiger partial charge is 0.271 e. The van der Waals surface area contributed by atoms with E-state index in [2.05, 4.69) is 21.9 Å². The van der Waals surface area contributed by atoms with Crippen molar-refractivity contribution < 1.29 is 8.42 Å². The Morgan fingerprint density at radius 3 is 2.86 bits per heavy atom. The summed E-state index contributed by atoms with van der Waals surface area (Å²) in [7, 11) is -3.54. The largest absolute Gasteiger partial charge is 0.312 e. The van der Waals surface area contributed by atoms with Gasteiger partial charge in [-0.25, -0.2) is 8.42 Å². The Morgan fingerprint density at radius 2 is 2.19 bits per heavy atom. The highest BCUT2D eigenvalue weighted by Crippen LogP contribution is 2.27. The van der Waals surface area contributed by atoms with Gasteiger partial charge in [-0.1, -0.05) is 6.92 Å². The van der Waals surface area contributed by atoms with Crippen molar-refractivity contribution in [3.8, 4) is 0 Å². The van der Waals surface area contributed by atoms with Crippen molar-refractivity contribution in [3.05, 3.63) is 41.0 Å². The second kappa shape index (κ2) is 7.02. The van der Waals surface area contributed by atoms with Crippen molar-refractivity contribution >= 4 is 27.0 Å². The monoisotopic (exact) mass is 325 g/mol. The van der Waals surface area contributed by atoms with Gasteiger partial charge >= 0.3 is 0 Å². The summed E-state index contributed by atoms with van der Waals surface area (Å²) in [5.41, 5.74) is 1.46. The Hall–Kier alpha value is -1.44. The first kappa shape index (κ1) is 15.9. The Balaban J connectivity index is 2.15. The summed E-state index contributed by atoms with van der Waals surface area (Å²) in [6.07, 6.45) is 4.14. The zero-order chi connectivity index (χ0) is 15.3. The van der Waals surface area contributed by atoms with Crippen molar-refractivity contribution in [2.24, 2.45) is 0 Å². The second-order valence-corrected chi connectivity index (χ2v) is 7.74. The minimum absolute atomic E-state index is 0.331. The molecule has 0 unspecified atom stereocenters. The molecule has 2 heterocycles. The van der Waals surface area contributed by atoms with E-state index in [-0.39, 0.29) is 0 Å². The molecule has 114 valence electrons. The molecular formula is C14H19N3O2S2. The van der Waals surface area contributed by atoms with E-state index in [0.717, 1.165) is 23.4 Å². The molecule has 0 aliphatic rings. The number of aryl methyl sites for hydroxylation is 1. The SMILES string of the molecule is CCCNCc1sc(S(=O)(=O)Nc2cccnc2)cc1C. The number of anilines is 1. The van der Waals surface area contributed by atoms with E-state index < -0.39 is 10.0 Å². The predicted molar refractivity (Wildman–Crippen MR) is 86.1 cm³/mol. The lowest BCUT2D eigenvalue weighted by Gasteiger charge is -2.05. The summed E-state index contributed by atoms with van der Waals surface area (Å²) in [4.78, 5) is 4.95. The summed E-state index contributed by atoms with van der Waals surface area (Å²) >= 11 is 1.30. The van der Waals surface area contributed by atoms with Gasteiger partial charge in [0.25, 0.3) is 10.0 Å². The molecule has 0 radical (unpaired) electrons. The third-order valence-corrected chi connectivity index (χ3v) is 5.98. The van der Waals surface area contributed by atoms with Crippen LogP contribution in [0.2, 0.25) is 0 Å². The number of thiophene rings is 1. The first-order chi connectivity index (χ1) is 10.0. The molecule has 0 aliphatic carbocycles. The lowest BCUT2D eigenvalue weighted by Crippen LogP contribution is -2.13. The topological polar surface area (TPSA) is 71.1 Å². The van der Waals surface area contributed by atoms with E-state index >= 15 is 0 Å². The van der Waals surface area contributed by atoms with Crippen LogP contribution >= 0.6 is 11.3 Å². The molecule has 0 aliphatic heterocycles. The number of nitrogens with zero attached hydrogens (tertiary/aromatic N) is 1. The van der Waals surface area contributed by atoms with E-state index in [9.17, 15) is 8.42 Å². The van der Waals surface area contributed by atoms with Crippen molar-refractivity contribution in [1.29, 1.82) is 0 Å². The van der Waals surface area contributed by atoms with Crippen molar-refractivity contribution in [1.82, 2.24) is 10.3 Å². The molecule has 2 rings (SSSR count). The van der Waals surface area contributed by atoms with Crippen molar-refractivity contribution in [2.45, 2.75) is 31.0 Å². The quantitative estimate of drug-likeness (QED) is 0.768. The molecule has 0 saturated carbocycles. The average Bonchev–Trinajstić information content (AvgIpc) is 2.82. The number of hydrogen-bond donors (Lipinski definition) is 2. The molecule has 0 saturated heterocycles. The molecule has 0 spiro atoms. The molecule has 2 aromatic rings. The fourth-order valence-electron chi connectivity index (χ4n) is 1.80. The Morgan fingerprint density at radius 1 is 1.38 bits per heavy atom. The minimum Gasteiger partial charge on any atom is -0.312 e. The van der Waals surface area contributed by atoms with Crippen LogP contribution in [0, 0.1) is 6.92 Å². The molecule has 0 bridgehead atoms. The lowest BCUT2D eigenvalue weighted by molar-refractivity contribution is 0.603. The number of rotatable bonds is 7. The number of nitrogens with one attached hydrogen (secondary N) is 2. The maximum absolute atomic E-state index is 12.3. The molecule has 2 aromatic heterocycles. The van der Waals surface area contributed by atoms with Gasteiger partial charge in [0.05, 0.1) is 11.9 Å². The molecule has 0 atom stereocenters. The molecule has 2 N–H and O–H groups in total. The third-order valence-electron chi connectivity index (χ3n) is 2.89. The Kier molecular flexibility index (Phi) is 5.33. The fourth-order valence-corrected chi connectivity index (χ4v) is 4.41. The number of hydrogen-bond acceptors (Lipinski definition) is 5. The summed E-state index contributed by atoms with van der Waals surface area (Å²) in [5, 5.41) is 3.29. The Labute approximate surface area is 129 Å². The van der Waals surface area contributed by atoms with Gasteiger partial charge in [0.1, 0.15) is 4.21 Å². The van der Waals surface area contributed by atoms with Gasteiger partial charge < -0.3 is 5.32 Å². The van der Waals surface area contributed by atoms with E-state index in [1.54, 1.807) is 24.4 Å².